The Morgan fingerprint density at radius 1 is 1.48 bits per heavy atom. The van der Waals surface area contributed by atoms with Crippen LogP contribution in [0.5, 0.6) is 0 Å². The van der Waals surface area contributed by atoms with Crippen LogP contribution in [0.4, 0.5) is 0 Å². The molecule has 0 saturated carbocycles. The van der Waals surface area contributed by atoms with Crippen molar-refractivity contribution in [2.75, 3.05) is 19.6 Å². The summed E-state index contributed by atoms with van der Waals surface area (Å²) in [6, 6.07) is 5.59. The van der Waals surface area contributed by atoms with Crippen LogP contribution in [-0.4, -0.2) is 40.0 Å². The second-order valence-electron chi connectivity index (χ2n) is 5.25. The summed E-state index contributed by atoms with van der Waals surface area (Å²) in [4.78, 5) is 18.9. The van der Waals surface area contributed by atoms with Crippen molar-refractivity contribution in [2.45, 2.75) is 19.5 Å². The van der Waals surface area contributed by atoms with Crippen LogP contribution in [0.1, 0.15) is 12.6 Å². The molecule has 1 unspecified atom stereocenters. The molecule has 1 N–H and O–H groups in total. The molecule has 0 spiro atoms. The lowest BCUT2D eigenvalue weighted by Gasteiger charge is -2.31. The lowest BCUT2D eigenvalue weighted by atomic mass is 10.2. The Balaban J connectivity index is 0.00000161. The second kappa shape index (κ2) is 6.75. The van der Waals surface area contributed by atoms with Crippen LogP contribution < -0.4 is 10.9 Å². The first kappa shape index (κ1) is 16.2. The van der Waals surface area contributed by atoms with Crippen molar-refractivity contribution >= 4 is 29.7 Å². The average molecular weight is 329 g/mol. The first-order valence-corrected chi connectivity index (χ1v) is 7.13. The molecule has 1 atom stereocenters. The number of hydrogen-bond acceptors (Lipinski definition) is 4. The van der Waals surface area contributed by atoms with E-state index < -0.39 is 0 Å². The summed E-state index contributed by atoms with van der Waals surface area (Å²) in [6.45, 7) is 5.80. The molecule has 0 amide bonds. The Labute approximate surface area is 134 Å². The molecule has 5 nitrogen and oxygen atoms in total. The quantitative estimate of drug-likeness (QED) is 0.909. The monoisotopic (exact) mass is 328 g/mol. The molecule has 0 aromatic carbocycles. The smallest absolute Gasteiger partial charge is 0.258 e. The lowest BCUT2D eigenvalue weighted by Crippen LogP contribution is -2.48. The number of pyridine rings is 1. The second-order valence-corrected chi connectivity index (χ2v) is 5.69. The molecule has 21 heavy (non-hydrogen) atoms. The van der Waals surface area contributed by atoms with E-state index in [9.17, 15) is 4.79 Å². The van der Waals surface area contributed by atoms with Gasteiger partial charge in [-0.3, -0.25) is 14.1 Å². The molecule has 0 aliphatic carbocycles. The third-order valence-corrected chi connectivity index (χ3v) is 3.74. The first-order chi connectivity index (χ1) is 9.61. The van der Waals surface area contributed by atoms with E-state index in [0.717, 1.165) is 25.3 Å². The molecule has 3 heterocycles. The Hall–Kier alpha value is -1.14. The Morgan fingerprint density at radius 2 is 2.29 bits per heavy atom. The molecule has 114 valence electrons. The number of hydrogen-bond donors (Lipinski definition) is 1. The molecular weight excluding hydrogens is 311 g/mol. The Kier molecular flexibility index (Phi) is 5.22. The van der Waals surface area contributed by atoms with Gasteiger partial charge in [0.1, 0.15) is 5.65 Å². The van der Waals surface area contributed by atoms with Gasteiger partial charge < -0.3 is 5.32 Å². The molecule has 2 aromatic heterocycles. The maximum absolute atomic E-state index is 12.1. The topological polar surface area (TPSA) is 49.6 Å². The van der Waals surface area contributed by atoms with Gasteiger partial charge in [0.15, 0.2) is 0 Å². The number of halogens is 2. The fraction of sp³-hybridized carbons (Fsp3) is 0.429. The normalized spacial score (nSPS) is 19.4. The number of aromatic nitrogens is 2. The third-order valence-electron chi connectivity index (χ3n) is 3.52. The molecule has 1 aliphatic heterocycles. The molecule has 2 aromatic rings. The van der Waals surface area contributed by atoms with Crippen LogP contribution in [0.2, 0.25) is 5.02 Å². The van der Waals surface area contributed by atoms with Crippen LogP contribution in [0.15, 0.2) is 29.2 Å². The maximum atomic E-state index is 12.1. The minimum Gasteiger partial charge on any atom is -0.312 e. The highest BCUT2D eigenvalue weighted by Gasteiger charge is 2.16. The SMILES string of the molecule is CC1CN(Cc2cc(=O)n3cc(Cl)ccc3n2)CCN1.Cl. The van der Waals surface area contributed by atoms with E-state index >= 15 is 0 Å². The van der Waals surface area contributed by atoms with Gasteiger partial charge in [0.25, 0.3) is 5.56 Å². The van der Waals surface area contributed by atoms with Gasteiger partial charge in [0, 0.05) is 44.5 Å². The van der Waals surface area contributed by atoms with Crippen LogP contribution in [0.3, 0.4) is 0 Å². The van der Waals surface area contributed by atoms with Crippen molar-refractivity contribution in [2.24, 2.45) is 0 Å². The van der Waals surface area contributed by atoms with E-state index in [-0.39, 0.29) is 18.0 Å². The van der Waals surface area contributed by atoms with Gasteiger partial charge in [-0.1, -0.05) is 11.6 Å². The number of nitrogens with zero attached hydrogens (tertiary/aromatic N) is 3. The van der Waals surface area contributed by atoms with E-state index in [1.165, 1.54) is 4.40 Å². The van der Waals surface area contributed by atoms with E-state index in [0.29, 0.717) is 23.3 Å². The van der Waals surface area contributed by atoms with E-state index in [4.69, 9.17) is 11.6 Å². The standard InChI is InChI=1S/C14H17ClN4O.ClH/c1-10-7-18(5-4-16-10)9-12-6-14(20)19-8-11(15)2-3-13(19)17-12;/h2-3,6,8,10,16H,4-5,7,9H2,1H3;1H. The summed E-state index contributed by atoms with van der Waals surface area (Å²) in [5, 5.41) is 3.93. The summed E-state index contributed by atoms with van der Waals surface area (Å²) in [5.41, 5.74) is 1.36. The van der Waals surface area contributed by atoms with Crippen LogP contribution in [-0.2, 0) is 6.54 Å². The number of piperazine rings is 1. The average Bonchev–Trinajstić information content (AvgIpc) is 2.40. The highest BCUT2D eigenvalue weighted by atomic mass is 35.5. The summed E-state index contributed by atoms with van der Waals surface area (Å²) in [6.07, 6.45) is 1.60. The van der Waals surface area contributed by atoms with Gasteiger partial charge in [-0.2, -0.15) is 0 Å². The molecule has 7 heteroatoms. The van der Waals surface area contributed by atoms with Gasteiger partial charge in [-0.05, 0) is 19.1 Å². The Morgan fingerprint density at radius 3 is 3.05 bits per heavy atom. The zero-order valence-electron chi connectivity index (χ0n) is 11.8. The molecule has 0 radical (unpaired) electrons. The third kappa shape index (κ3) is 3.74. The van der Waals surface area contributed by atoms with E-state index in [1.807, 2.05) is 0 Å². The fourth-order valence-corrected chi connectivity index (χ4v) is 2.75. The van der Waals surface area contributed by atoms with Crippen LogP contribution >= 0.6 is 24.0 Å². The largest absolute Gasteiger partial charge is 0.312 e. The van der Waals surface area contributed by atoms with Crippen molar-refractivity contribution in [3.05, 3.63) is 45.5 Å². The van der Waals surface area contributed by atoms with Crippen molar-refractivity contribution in [1.29, 1.82) is 0 Å². The zero-order chi connectivity index (χ0) is 14.1. The highest BCUT2D eigenvalue weighted by molar-refractivity contribution is 6.30. The van der Waals surface area contributed by atoms with Crippen molar-refractivity contribution in [1.82, 2.24) is 19.6 Å². The summed E-state index contributed by atoms with van der Waals surface area (Å²) >= 11 is 5.90. The minimum absolute atomic E-state index is 0. The summed E-state index contributed by atoms with van der Waals surface area (Å²) in [7, 11) is 0. The number of fused-ring (bicyclic) bond motifs is 1. The van der Waals surface area contributed by atoms with Crippen molar-refractivity contribution in [3.63, 3.8) is 0 Å². The molecule has 1 fully saturated rings. The predicted molar refractivity (Wildman–Crippen MR) is 86.5 cm³/mol. The van der Waals surface area contributed by atoms with Crippen LogP contribution in [0, 0.1) is 0 Å². The molecule has 0 bridgehead atoms. The zero-order valence-corrected chi connectivity index (χ0v) is 13.3. The summed E-state index contributed by atoms with van der Waals surface area (Å²) in [5.74, 6) is 0. The van der Waals surface area contributed by atoms with Crippen molar-refractivity contribution in [3.8, 4) is 0 Å². The highest BCUT2D eigenvalue weighted by Crippen LogP contribution is 2.10. The number of nitrogens with one attached hydrogen (secondary N) is 1. The fourth-order valence-electron chi connectivity index (χ4n) is 2.59. The minimum atomic E-state index is -0.0873. The van der Waals surface area contributed by atoms with Gasteiger partial charge in [-0.15, -0.1) is 12.4 Å². The van der Waals surface area contributed by atoms with E-state index in [2.05, 4.69) is 22.1 Å². The van der Waals surface area contributed by atoms with Crippen molar-refractivity contribution < 1.29 is 0 Å². The van der Waals surface area contributed by atoms with Gasteiger partial charge in [0.2, 0.25) is 0 Å². The molecule has 1 saturated heterocycles. The predicted octanol–water partition coefficient (Wildman–Crippen LogP) is 1.56. The van der Waals surface area contributed by atoms with E-state index in [1.54, 1.807) is 24.4 Å². The summed E-state index contributed by atoms with van der Waals surface area (Å²) < 4.78 is 1.48. The molecule has 3 rings (SSSR count). The first-order valence-electron chi connectivity index (χ1n) is 6.75. The van der Waals surface area contributed by atoms with Crippen LogP contribution in [0.25, 0.3) is 5.65 Å². The Bertz CT molecular complexity index is 688. The maximum Gasteiger partial charge on any atom is 0.258 e. The lowest BCUT2D eigenvalue weighted by molar-refractivity contribution is 0.197. The van der Waals surface area contributed by atoms with Gasteiger partial charge in [0.05, 0.1) is 10.7 Å². The molecule has 1 aliphatic rings. The molecular formula is C14H18Cl2N4O. The number of rotatable bonds is 2. The van der Waals surface area contributed by atoms with Gasteiger partial charge >= 0.3 is 0 Å². The van der Waals surface area contributed by atoms with Gasteiger partial charge in [-0.25, -0.2) is 4.98 Å².